The highest BCUT2D eigenvalue weighted by atomic mass is 35.5. The molecule has 3 aromatic rings. The smallest absolute Gasteiger partial charge is 0.160 e. The Bertz CT molecular complexity index is 873. The quantitative estimate of drug-likeness (QED) is 0.668. The van der Waals surface area contributed by atoms with Crippen LogP contribution in [0.5, 0.6) is 5.75 Å². The van der Waals surface area contributed by atoms with Crippen molar-refractivity contribution in [2.24, 2.45) is 0 Å². The van der Waals surface area contributed by atoms with Crippen LogP contribution in [-0.2, 0) is 11.3 Å². The Morgan fingerprint density at radius 1 is 1.20 bits per heavy atom. The van der Waals surface area contributed by atoms with E-state index >= 15 is 0 Å². The summed E-state index contributed by atoms with van der Waals surface area (Å²) in [5, 5.41) is 4.96. The molecule has 0 saturated carbocycles. The number of hydrogen-bond donors (Lipinski definition) is 0. The van der Waals surface area contributed by atoms with E-state index in [2.05, 4.69) is 10.1 Å². The van der Waals surface area contributed by atoms with Crippen molar-refractivity contribution in [2.75, 3.05) is 20.3 Å². The normalized spacial score (nSPS) is 15.6. The SMILES string of the molecule is COc1ccc(Cn2cc3nc(C4CCOCC4)nc(Cl)c3n2)cc1. The predicted molar refractivity (Wildman–Crippen MR) is 95.2 cm³/mol. The van der Waals surface area contributed by atoms with Crippen molar-refractivity contribution < 1.29 is 9.47 Å². The number of aromatic nitrogens is 4. The zero-order valence-electron chi connectivity index (χ0n) is 14.0. The molecule has 4 rings (SSSR count). The zero-order valence-corrected chi connectivity index (χ0v) is 14.7. The van der Waals surface area contributed by atoms with Gasteiger partial charge in [-0.3, -0.25) is 4.68 Å². The molecule has 3 heterocycles. The molecule has 1 aliphatic rings. The van der Waals surface area contributed by atoms with E-state index < -0.39 is 0 Å². The molecule has 1 aromatic carbocycles. The standard InChI is InChI=1S/C18H19ClN4O2/c1-24-14-4-2-12(3-5-14)10-23-11-15-16(22-23)17(19)21-18(20-15)13-6-8-25-9-7-13/h2-5,11,13H,6-10H2,1H3. The molecule has 7 heteroatoms. The van der Waals surface area contributed by atoms with E-state index in [4.69, 9.17) is 26.1 Å². The van der Waals surface area contributed by atoms with Gasteiger partial charge in [-0.2, -0.15) is 5.10 Å². The average Bonchev–Trinajstić information content (AvgIpc) is 3.06. The highest BCUT2D eigenvalue weighted by Crippen LogP contribution is 2.28. The number of fused-ring (bicyclic) bond motifs is 1. The highest BCUT2D eigenvalue weighted by Gasteiger charge is 2.21. The molecule has 1 fully saturated rings. The summed E-state index contributed by atoms with van der Waals surface area (Å²) < 4.78 is 12.4. The Morgan fingerprint density at radius 3 is 2.68 bits per heavy atom. The van der Waals surface area contributed by atoms with Gasteiger partial charge >= 0.3 is 0 Å². The van der Waals surface area contributed by atoms with Gasteiger partial charge in [-0.1, -0.05) is 23.7 Å². The van der Waals surface area contributed by atoms with Gasteiger partial charge < -0.3 is 9.47 Å². The summed E-state index contributed by atoms with van der Waals surface area (Å²) in [5.41, 5.74) is 2.56. The van der Waals surface area contributed by atoms with Crippen LogP contribution in [0.15, 0.2) is 30.5 Å². The molecule has 6 nitrogen and oxygen atoms in total. The van der Waals surface area contributed by atoms with Gasteiger partial charge in [-0.25, -0.2) is 9.97 Å². The third-order valence-corrected chi connectivity index (χ3v) is 4.74. The van der Waals surface area contributed by atoms with Gasteiger partial charge in [0.2, 0.25) is 0 Å². The number of rotatable bonds is 4. The lowest BCUT2D eigenvalue weighted by atomic mass is 9.99. The van der Waals surface area contributed by atoms with Gasteiger partial charge in [0.05, 0.1) is 19.9 Å². The van der Waals surface area contributed by atoms with Crippen molar-refractivity contribution in [3.8, 4) is 5.75 Å². The summed E-state index contributed by atoms with van der Waals surface area (Å²) in [5.74, 6) is 1.94. The molecular weight excluding hydrogens is 340 g/mol. The van der Waals surface area contributed by atoms with E-state index in [0.717, 1.165) is 48.7 Å². The van der Waals surface area contributed by atoms with Gasteiger partial charge in [0, 0.05) is 19.1 Å². The van der Waals surface area contributed by atoms with Crippen LogP contribution in [0.4, 0.5) is 0 Å². The number of methoxy groups -OCH3 is 1. The lowest BCUT2D eigenvalue weighted by Crippen LogP contribution is -2.16. The number of hydrogen-bond acceptors (Lipinski definition) is 5. The molecular formula is C18H19ClN4O2. The summed E-state index contributed by atoms with van der Waals surface area (Å²) in [6.45, 7) is 2.14. The Morgan fingerprint density at radius 2 is 1.96 bits per heavy atom. The number of nitrogens with zero attached hydrogens (tertiary/aromatic N) is 4. The second kappa shape index (κ2) is 6.98. The third kappa shape index (κ3) is 3.45. The topological polar surface area (TPSA) is 62.1 Å². The Labute approximate surface area is 150 Å². The van der Waals surface area contributed by atoms with Crippen molar-refractivity contribution in [3.63, 3.8) is 0 Å². The third-order valence-electron chi connectivity index (χ3n) is 4.48. The van der Waals surface area contributed by atoms with Crippen molar-refractivity contribution in [3.05, 3.63) is 47.0 Å². The minimum absolute atomic E-state index is 0.306. The van der Waals surface area contributed by atoms with E-state index in [-0.39, 0.29) is 0 Å². The van der Waals surface area contributed by atoms with E-state index in [1.165, 1.54) is 0 Å². The first kappa shape index (κ1) is 16.3. The van der Waals surface area contributed by atoms with Gasteiger partial charge in [0.15, 0.2) is 5.15 Å². The summed E-state index contributed by atoms with van der Waals surface area (Å²) in [6, 6.07) is 7.92. The Balaban J connectivity index is 1.61. The number of halogens is 1. The maximum Gasteiger partial charge on any atom is 0.160 e. The second-order valence-corrected chi connectivity index (χ2v) is 6.53. The van der Waals surface area contributed by atoms with Crippen molar-refractivity contribution in [1.82, 2.24) is 19.7 Å². The summed E-state index contributed by atoms with van der Waals surface area (Å²) >= 11 is 6.36. The molecule has 0 unspecified atom stereocenters. The first-order valence-corrected chi connectivity index (χ1v) is 8.72. The van der Waals surface area contributed by atoms with Crippen molar-refractivity contribution in [2.45, 2.75) is 25.3 Å². The molecule has 25 heavy (non-hydrogen) atoms. The van der Waals surface area contributed by atoms with Crippen LogP contribution in [0.1, 0.15) is 30.1 Å². The highest BCUT2D eigenvalue weighted by molar-refractivity contribution is 6.33. The van der Waals surface area contributed by atoms with E-state index in [1.54, 1.807) is 7.11 Å². The van der Waals surface area contributed by atoms with E-state index in [0.29, 0.717) is 23.1 Å². The first-order chi connectivity index (χ1) is 12.2. The molecule has 0 aliphatic carbocycles. The molecule has 0 N–H and O–H groups in total. The van der Waals surface area contributed by atoms with Crippen molar-refractivity contribution in [1.29, 1.82) is 0 Å². The van der Waals surface area contributed by atoms with Crippen LogP contribution in [0, 0.1) is 0 Å². The van der Waals surface area contributed by atoms with E-state index in [9.17, 15) is 0 Å². The van der Waals surface area contributed by atoms with Gasteiger partial charge in [-0.15, -0.1) is 0 Å². The average molecular weight is 359 g/mol. The minimum Gasteiger partial charge on any atom is -0.497 e. The summed E-state index contributed by atoms with van der Waals surface area (Å²) in [7, 11) is 1.66. The van der Waals surface area contributed by atoms with Crippen LogP contribution in [0.2, 0.25) is 5.15 Å². The Hall–Kier alpha value is -2.18. The predicted octanol–water partition coefficient (Wildman–Crippen LogP) is 3.43. The largest absolute Gasteiger partial charge is 0.497 e. The first-order valence-electron chi connectivity index (χ1n) is 8.34. The summed E-state index contributed by atoms with van der Waals surface area (Å²) in [4.78, 5) is 9.17. The van der Waals surface area contributed by atoms with Crippen LogP contribution in [0.25, 0.3) is 11.0 Å². The molecule has 1 saturated heterocycles. The van der Waals surface area contributed by atoms with Crippen LogP contribution in [0.3, 0.4) is 0 Å². The fourth-order valence-electron chi connectivity index (χ4n) is 3.08. The number of benzene rings is 1. The fourth-order valence-corrected chi connectivity index (χ4v) is 3.30. The number of ether oxygens (including phenoxy) is 2. The molecule has 0 radical (unpaired) electrons. The monoisotopic (exact) mass is 358 g/mol. The zero-order chi connectivity index (χ0) is 17.2. The van der Waals surface area contributed by atoms with Gasteiger partial charge in [-0.05, 0) is 30.5 Å². The van der Waals surface area contributed by atoms with Crippen LogP contribution < -0.4 is 4.74 Å². The molecule has 2 aromatic heterocycles. The molecule has 0 atom stereocenters. The van der Waals surface area contributed by atoms with E-state index in [1.807, 2.05) is 35.1 Å². The maximum absolute atomic E-state index is 6.36. The summed E-state index contributed by atoms with van der Waals surface area (Å²) in [6.07, 6.45) is 3.79. The molecule has 0 spiro atoms. The lowest BCUT2D eigenvalue weighted by molar-refractivity contribution is 0.0836. The molecule has 130 valence electrons. The minimum atomic E-state index is 0.306. The molecule has 0 amide bonds. The second-order valence-electron chi connectivity index (χ2n) is 6.17. The Kier molecular flexibility index (Phi) is 4.55. The fraction of sp³-hybridized carbons (Fsp3) is 0.389. The molecule has 0 bridgehead atoms. The van der Waals surface area contributed by atoms with Gasteiger partial charge in [0.25, 0.3) is 0 Å². The molecule has 1 aliphatic heterocycles. The van der Waals surface area contributed by atoms with Crippen molar-refractivity contribution >= 4 is 22.6 Å². The lowest BCUT2D eigenvalue weighted by Gasteiger charge is -2.20. The van der Waals surface area contributed by atoms with Crippen LogP contribution >= 0.6 is 11.6 Å². The maximum atomic E-state index is 6.36. The van der Waals surface area contributed by atoms with Gasteiger partial charge in [0.1, 0.15) is 22.6 Å². The van der Waals surface area contributed by atoms with Crippen LogP contribution in [-0.4, -0.2) is 40.1 Å².